The Kier molecular flexibility index (Phi) is 6.62. The molecule has 0 aliphatic heterocycles. The van der Waals surface area contributed by atoms with E-state index in [9.17, 15) is 9.59 Å². The second kappa shape index (κ2) is 7.98. The van der Waals surface area contributed by atoms with E-state index in [4.69, 9.17) is 5.11 Å². The molecule has 4 nitrogen and oxygen atoms in total. The van der Waals surface area contributed by atoms with E-state index in [1.807, 2.05) is 32.0 Å². The molecule has 1 unspecified atom stereocenters. The largest absolute Gasteiger partial charge is 0.481 e. The molecular formula is C16H20BrNO3. The van der Waals surface area contributed by atoms with Gasteiger partial charge in [-0.1, -0.05) is 28.1 Å². The number of rotatable bonds is 6. The van der Waals surface area contributed by atoms with Gasteiger partial charge < -0.3 is 10.0 Å². The summed E-state index contributed by atoms with van der Waals surface area (Å²) >= 11 is 3.46. The molecule has 1 atom stereocenters. The van der Waals surface area contributed by atoms with Gasteiger partial charge in [-0.15, -0.1) is 0 Å². The molecule has 0 aromatic heterocycles. The first kappa shape index (κ1) is 17.4. The summed E-state index contributed by atoms with van der Waals surface area (Å²) in [5, 5.41) is 8.82. The first-order valence-electron chi connectivity index (χ1n) is 6.81. The minimum absolute atomic E-state index is 0.0539. The predicted octanol–water partition coefficient (Wildman–Crippen LogP) is 3.48. The number of amides is 1. The van der Waals surface area contributed by atoms with E-state index in [1.54, 1.807) is 17.9 Å². The Bertz CT molecular complexity index is 554. The summed E-state index contributed by atoms with van der Waals surface area (Å²) in [6, 6.07) is 5.56. The Hall–Kier alpha value is -1.62. The van der Waals surface area contributed by atoms with Crippen LogP contribution in [0, 0.1) is 6.92 Å². The number of hydrogen-bond donors (Lipinski definition) is 1. The fraction of sp³-hybridized carbons (Fsp3) is 0.375. The van der Waals surface area contributed by atoms with Crippen molar-refractivity contribution in [2.45, 2.75) is 33.2 Å². The Labute approximate surface area is 133 Å². The Morgan fingerprint density at radius 3 is 2.62 bits per heavy atom. The third-order valence-corrected chi connectivity index (χ3v) is 3.87. The number of hydrogen-bond acceptors (Lipinski definition) is 2. The zero-order valence-corrected chi connectivity index (χ0v) is 14.1. The summed E-state index contributed by atoms with van der Waals surface area (Å²) in [5.41, 5.74) is 2.05. The molecule has 114 valence electrons. The van der Waals surface area contributed by atoms with Crippen molar-refractivity contribution in [3.8, 4) is 0 Å². The Balaban J connectivity index is 2.82. The molecule has 0 heterocycles. The molecule has 0 fully saturated rings. The van der Waals surface area contributed by atoms with Crippen molar-refractivity contribution in [3.05, 3.63) is 39.9 Å². The monoisotopic (exact) mass is 353 g/mol. The van der Waals surface area contributed by atoms with Gasteiger partial charge in [0, 0.05) is 23.1 Å². The first-order valence-corrected chi connectivity index (χ1v) is 7.61. The topological polar surface area (TPSA) is 57.6 Å². The summed E-state index contributed by atoms with van der Waals surface area (Å²) in [7, 11) is 0. The lowest BCUT2D eigenvalue weighted by atomic mass is 10.1. The van der Waals surface area contributed by atoms with Gasteiger partial charge in [-0.2, -0.15) is 0 Å². The van der Waals surface area contributed by atoms with Crippen LogP contribution in [0.25, 0.3) is 6.08 Å². The van der Waals surface area contributed by atoms with Gasteiger partial charge in [0.05, 0.1) is 6.42 Å². The van der Waals surface area contributed by atoms with E-state index >= 15 is 0 Å². The number of likely N-dealkylation sites (N-methyl/N-ethyl adjacent to an activating group) is 1. The van der Waals surface area contributed by atoms with E-state index < -0.39 is 5.97 Å². The van der Waals surface area contributed by atoms with E-state index in [1.165, 1.54) is 6.08 Å². The molecule has 0 saturated carbocycles. The van der Waals surface area contributed by atoms with Crippen molar-refractivity contribution < 1.29 is 14.7 Å². The molecule has 21 heavy (non-hydrogen) atoms. The fourth-order valence-electron chi connectivity index (χ4n) is 2.07. The number of aliphatic carboxylic acids is 1. The lowest BCUT2D eigenvalue weighted by Gasteiger charge is -2.25. The molecule has 5 heteroatoms. The molecule has 0 saturated heterocycles. The molecule has 1 N–H and O–H groups in total. The van der Waals surface area contributed by atoms with Crippen molar-refractivity contribution in [1.82, 2.24) is 4.90 Å². The molecule has 0 bridgehead atoms. The van der Waals surface area contributed by atoms with Crippen LogP contribution >= 0.6 is 15.9 Å². The minimum Gasteiger partial charge on any atom is -0.481 e. The Morgan fingerprint density at radius 1 is 1.43 bits per heavy atom. The molecule has 1 aromatic rings. The van der Waals surface area contributed by atoms with Crippen LogP contribution in [-0.4, -0.2) is 34.5 Å². The molecule has 0 aliphatic rings. The van der Waals surface area contributed by atoms with Crippen molar-refractivity contribution in [3.63, 3.8) is 0 Å². The summed E-state index contributed by atoms with van der Waals surface area (Å²) in [6.07, 6.45) is 3.17. The third-order valence-electron chi connectivity index (χ3n) is 3.19. The molecule has 0 aliphatic carbocycles. The van der Waals surface area contributed by atoms with Crippen LogP contribution in [0.4, 0.5) is 0 Å². The lowest BCUT2D eigenvalue weighted by Crippen LogP contribution is -2.38. The lowest BCUT2D eigenvalue weighted by molar-refractivity contribution is -0.139. The molecule has 0 spiro atoms. The highest BCUT2D eigenvalue weighted by atomic mass is 79.9. The van der Waals surface area contributed by atoms with Gasteiger partial charge in [-0.25, -0.2) is 0 Å². The van der Waals surface area contributed by atoms with Crippen molar-refractivity contribution in [2.75, 3.05) is 6.54 Å². The molecule has 1 rings (SSSR count). The third kappa shape index (κ3) is 5.34. The minimum atomic E-state index is -0.904. The highest BCUT2D eigenvalue weighted by molar-refractivity contribution is 9.10. The number of carboxylic acid groups (broad SMARTS) is 1. The highest BCUT2D eigenvalue weighted by Crippen LogP contribution is 2.19. The Morgan fingerprint density at radius 2 is 2.10 bits per heavy atom. The first-order chi connectivity index (χ1) is 9.85. The average Bonchev–Trinajstić information content (AvgIpc) is 2.37. The van der Waals surface area contributed by atoms with E-state index in [2.05, 4.69) is 15.9 Å². The van der Waals surface area contributed by atoms with Crippen molar-refractivity contribution >= 4 is 33.9 Å². The van der Waals surface area contributed by atoms with Gasteiger partial charge in [0.1, 0.15) is 0 Å². The van der Waals surface area contributed by atoms with Crippen molar-refractivity contribution in [2.24, 2.45) is 0 Å². The molecule has 1 amide bonds. The van der Waals surface area contributed by atoms with Gasteiger partial charge in [0.25, 0.3) is 0 Å². The summed E-state index contributed by atoms with van der Waals surface area (Å²) < 4.78 is 0.924. The fourth-order valence-corrected chi connectivity index (χ4v) is 2.70. The summed E-state index contributed by atoms with van der Waals surface area (Å²) in [6.45, 7) is 6.06. The van der Waals surface area contributed by atoms with Crippen molar-refractivity contribution in [1.29, 1.82) is 0 Å². The van der Waals surface area contributed by atoms with E-state index in [-0.39, 0.29) is 18.4 Å². The number of benzene rings is 1. The van der Waals surface area contributed by atoms with Crippen LogP contribution in [0.1, 0.15) is 31.4 Å². The van der Waals surface area contributed by atoms with Crippen LogP contribution in [-0.2, 0) is 9.59 Å². The number of aryl methyl sites for hydroxylation is 1. The maximum Gasteiger partial charge on any atom is 0.305 e. The second-order valence-corrected chi connectivity index (χ2v) is 5.78. The van der Waals surface area contributed by atoms with Crippen LogP contribution in [0.15, 0.2) is 28.7 Å². The van der Waals surface area contributed by atoms with Crippen LogP contribution < -0.4 is 0 Å². The highest BCUT2D eigenvalue weighted by Gasteiger charge is 2.18. The zero-order chi connectivity index (χ0) is 16.0. The number of nitrogens with zero attached hydrogens (tertiary/aromatic N) is 1. The van der Waals surface area contributed by atoms with Crippen LogP contribution in [0.2, 0.25) is 0 Å². The number of carbonyl (C=O) groups excluding carboxylic acids is 1. The average molecular weight is 354 g/mol. The van der Waals surface area contributed by atoms with Gasteiger partial charge in [-0.05, 0) is 44.0 Å². The maximum atomic E-state index is 12.2. The van der Waals surface area contributed by atoms with Crippen LogP contribution in [0.5, 0.6) is 0 Å². The number of halogens is 1. The molecule has 0 radical (unpaired) electrons. The normalized spacial score (nSPS) is 12.4. The predicted molar refractivity (Wildman–Crippen MR) is 87.0 cm³/mol. The quantitative estimate of drug-likeness (QED) is 0.796. The van der Waals surface area contributed by atoms with Crippen LogP contribution in [0.3, 0.4) is 0 Å². The summed E-state index contributed by atoms with van der Waals surface area (Å²) in [4.78, 5) is 24.5. The molecule has 1 aromatic carbocycles. The van der Waals surface area contributed by atoms with E-state index in [0.717, 1.165) is 15.6 Å². The SMILES string of the molecule is CCN(C(=O)C=Cc1ccc(C)cc1Br)C(C)CC(=O)O. The van der Waals surface area contributed by atoms with E-state index in [0.29, 0.717) is 6.54 Å². The molecular weight excluding hydrogens is 334 g/mol. The number of carboxylic acids is 1. The smallest absolute Gasteiger partial charge is 0.305 e. The maximum absolute atomic E-state index is 12.2. The van der Waals surface area contributed by atoms with Gasteiger partial charge in [0.15, 0.2) is 0 Å². The summed E-state index contributed by atoms with van der Waals surface area (Å²) in [5.74, 6) is -1.09. The van der Waals surface area contributed by atoms with Gasteiger partial charge in [0.2, 0.25) is 5.91 Å². The van der Waals surface area contributed by atoms with Gasteiger partial charge >= 0.3 is 5.97 Å². The second-order valence-electron chi connectivity index (χ2n) is 4.93. The van der Waals surface area contributed by atoms with Gasteiger partial charge in [-0.3, -0.25) is 9.59 Å². The zero-order valence-electron chi connectivity index (χ0n) is 12.5. The number of carbonyl (C=O) groups is 2. The standard InChI is InChI=1S/C16H20BrNO3/c1-4-18(12(3)10-16(20)21)15(19)8-7-13-6-5-11(2)9-14(13)17/h5-9,12H,4,10H2,1-3H3,(H,20,21).